The highest BCUT2D eigenvalue weighted by atomic mass is 32.1. The van der Waals surface area contributed by atoms with Gasteiger partial charge in [-0.3, -0.25) is 14.4 Å². The molecule has 1 saturated heterocycles. The predicted molar refractivity (Wildman–Crippen MR) is 113 cm³/mol. The van der Waals surface area contributed by atoms with E-state index in [1.807, 2.05) is 4.90 Å². The average Bonchev–Trinajstić information content (AvgIpc) is 3.24. The number of H-pyrrole nitrogens is 1. The zero-order chi connectivity index (χ0) is 20.7. The van der Waals surface area contributed by atoms with E-state index >= 15 is 0 Å². The molecule has 29 heavy (non-hydrogen) atoms. The van der Waals surface area contributed by atoms with Crippen LogP contribution in [0, 0.1) is 5.92 Å². The highest BCUT2D eigenvalue weighted by Crippen LogP contribution is 2.34. The van der Waals surface area contributed by atoms with Crippen molar-refractivity contribution in [3.8, 4) is 0 Å². The molecule has 2 aliphatic rings. The molecular formula is C21H28N4O3S. The quantitative estimate of drug-likeness (QED) is 0.809. The fraction of sp³-hybridized carbons (Fsp3) is 0.619. The second-order valence-electron chi connectivity index (χ2n) is 8.49. The van der Waals surface area contributed by atoms with E-state index in [1.165, 1.54) is 4.88 Å². The molecule has 0 bridgehead atoms. The van der Waals surface area contributed by atoms with Crippen molar-refractivity contribution in [3.63, 3.8) is 0 Å². The number of rotatable bonds is 5. The molecule has 2 amide bonds. The molecule has 0 spiro atoms. The first-order valence-corrected chi connectivity index (χ1v) is 11.3. The number of amides is 2. The average molecular weight is 417 g/mol. The molecule has 1 atom stereocenters. The molecule has 0 aromatic carbocycles. The van der Waals surface area contributed by atoms with Crippen LogP contribution in [-0.2, 0) is 28.9 Å². The van der Waals surface area contributed by atoms with Gasteiger partial charge in [-0.15, -0.1) is 11.3 Å². The van der Waals surface area contributed by atoms with Crippen LogP contribution in [0.25, 0.3) is 10.2 Å². The van der Waals surface area contributed by atoms with Gasteiger partial charge in [-0.1, -0.05) is 13.8 Å². The van der Waals surface area contributed by atoms with E-state index in [1.54, 1.807) is 23.2 Å². The molecule has 1 aliphatic heterocycles. The van der Waals surface area contributed by atoms with Crippen LogP contribution in [0.2, 0.25) is 0 Å². The zero-order valence-corrected chi connectivity index (χ0v) is 18.1. The number of piperazine rings is 1. The van der Waals surface area contributed by atoms with Crippen LogP contribution >= 0.6 is 11.3 Å². The molecule has 1 N–H and O–H groups in total. The van der Waals surface area contributed by atoms with Crippen molar-refractivity contribution < 1.29 is 9.59 Å². The van der Waals surface area contributed by atoms with Gasteiger partial charge in [0.1, 0.15) is 16.7 Å². The van der Waals surface area contributed by atoms with E-state index < -0.39 is 6.04 Å². The monoisotopic (exact) mass is 416 g/mol. The Morgan fingerprint density at radius 1 is 1.28 bits per heavy atom. The second kappa shape index (κ2) is 7.89. The van der Waals surface area contributed by atoms with Gasteiger partial charge in [0, 0.05) is 37.4 Å². The van der Waals surface area contributed by atoms with E-state index in [2.05, 4.69) is 23.8 Å². The number of nitrogens with zero attached hydrogens (tertiary/aromatic N) is 3. The lowest BCUT2D eigenvalue weighted by molar-refractivity contribution is -0.151. The summed E-state index contributed by atoms with van der Waals surface area (Å²) >= 11 is 1.61. The molecule has 2 aromatic heterocycles. The Balaban J connectivity index is 1.42. The minimum atomic E-state index is -0.440. The number of fused-ring (bicyclic) bond motifs is 3. The largest absolute Gasteiger partial charge is 0.339 e. The molecule has 1 aliphatic carbocycles. The van der Waals surface area contributed by atoms with E-state index in [-0.39, 0.29) is 23.8 Å². The molecule has 1 fully saturated rings. The van der Waals surface area contributed by atoms with E-state index in [0.717, 1.165) is 41.6 Å². The van der Waals surface area contributed by atoms with Gasteiger partial charge in [0.25, 0.3) is 5.56 Å². The number of thiophene rings is 1. The number of nitrogens with one attached hydrogen (secondary N) is 1. The first-order chi connectivity index (χ1) is 13.8. The first kappa shape index (κ1) is 20.1. The predicted octanol–water partition coefficient (Wildman–Crippen LogP) is 2.12. The number of aromatic amines is 1. The number of aryl methyl sites for hydroxylation is 3. The first-order valence-electron chi connectivity index (χ1n) is 10.5. The SMILES string of the molecule is CC(C)CN1CCN(C(=O)CCc2nc3sc4c(c3c(=O)[nH]2)CCC4)[C@@H](C)C1=O. The van der Waals surface area contributed by atoms with Crippen molar-refractivity contribution in [1.82, 2.24) is 19.8 Å². The summed E-state index contributed by atoms with van der Waals surface area (Å²) in [6.45, 7) is 7.83. The number of hydrogen-bond donors (Lipinski definition) is 1. The Bertz CT molecular complexity index is 1010. The van der Waals surface area contributed by atoms with Gasteiger partial charge >= 0.3 is 0 Å². The van der Waals surface area contributed by atoms with Crippen LogP contribution in [0.3, 0.4) is 0 Å². The maximum absolute atomic E-state index is 12.8. The number of carbonyl (C=O) groups excluding carboxylic acids is 2. The van der Waals surface area contributed by atoms with Gasteiger partial charge in [0.05, 0.1) is 5.39 Å². The summed E-state index contributed by atoms with van der Waals surface area (Å²) in [6, 6.07) is -0.440. The minimum absolute atomic E-state index is 0.0133. The lowest BCUT2D eigenvalue weighted by Gasteiger charge is -2.39. The summed E-state index contributed by atoms with van der Waals surface area (Å²) < 4.78 is 0. The van der Waals surface area contributed by atoms with Crippen molar-refractivity contribution >= 4 is 33.4 Å². The Hall–Kier alpha value is -2.22. The van der Waals surface area contributed by atoms with Crippen molar-refractivity contribution in [2.24, 2.45) is 5.92 Å². The molecule has 2 aromatic rings. The Labute approximate surface area is 174 Å². The third-order valence-corrected chi connectivity index (χ3v) is 7.04. The van der Waals surface area contributed by atoms with Crippen LogP contribution in [-0.4, -0.2) is 57.3 Å². The van der Waals surface area contributed by atoms with Gasteiger partial charge in [0.2, 0.25) is 11.8 Å². The fourth-order valence-corrected chi connectivity index (χ4v) is 5.71. The van der Waals surface area contributed by atoms with Crippen molar-refractivity contribution in [3.05, 3.63) is 26.6 Å². The summed E-state index contributed by atoms with van der Waals surface area (Å²) in [4.78, 5) is 50.9. The van der Waals surface area contributed by atoms with Crippen LogP contribution in [0.15, 0.2) is 4.79 Å². The molecule has 0 radical (unpaired) electrons. The van der Waals surface area contributed by atoms with Gasteiger partial charge in [-0.05, 0) is 37.7 Å². The smallest absolute Gasteiger partial charge is 0.259 e. The molecule has 0 unspecified atom stereocenters. The number of aromatic nitrogens is 2. The molecule has 4 rings (SSSR count). The molecule has 8 heteroatoms. The van der Waals surface area contributed by atoms with Crippen molar-refractivity contribution in [1.29, 1.82) is 0 Å². The van der Waals surface area contributed by atoms with Gasteiger partial charge in [-0.2, -0.15) is 0 Å². The van der Waals surface area contributed by atoms with Crippen molar-refractivity contribution in [2.75, 3.05) is 19.6 Å². The normalized spacial score (nSPS) is 19.4. The lowest BCUT2D eigenvalue weighted by atomic mass is 10.1. The minimum Gasteiger partial charge on any atom is -0.339 e. The number of carbonyl (C=O) groups is 2. The number of hydrogen-bond acceptors (Lipinski definition) is 5. The lowest BCUT2D eigenvalue weighted by Crippen LogP contribution is -2.58. The van der Waals surface area contributed by atoms with E-state index in [9.17, 15) is 14.4 Å². The topological polar surface area (TPSA) is 86.4 Å². The summed E-state index contributed by atoms with van der Waals surface area (Å²) in [5.74, 6) is 0.906. The molecular weight excluding hydrogens is 388 g/mol. The van der Waals surface area contributed by atoms with Gasteiger partial charge in [-0.25, -0.2) is 4.98 Å². The Morgan fingerprint density at radius 3 is 2.83 bits per heavy atom. The maximum Gasteiger partial charge on any atom is 0.259 e. The standard InChI is InChI=1S/C21H28N4O3S/c1-12(2)11-24-9-10-25(13(3)21(24)28)17(26)8-7-16-22-19(27)18-14-5-4-6-15(14)29-20(18)23-16/h12-13H,4-11H2,1-3H3,(H,22,23,27)/t13-/m0/s1. The van der Waals surface area contributed by atoms with Crippen molar-refractivity contribution in [2.45, 2.75) is 58.9 Å². The fourth-order valence-electron chi connectivity index (χ4n) is 4.43. The third-order valence-electron chi connectivity index (χ3n) is 5.85. The summed E-state index contributed by atoms with van der Waals surface area (Å²) in [5, 5.41) is 0.734. The summed E-state index contributed by atoms with van der Waals surface area (Å²) in [6.07, 6.45) is 3.69. The maximum atomic E-state index is 12.8. The van der Waals surface area contributed by atoms with E-state index in [4.69, 9.17) is 0 Å². The highest BCUT2D eigenvalue weighted by Gasteiger charge is 2.34. The molecule has 7 nitrogen and oxygen atoms in total. The Morgan fingerprint density at radius 2 is 2.07 bits per heavy atom. The summed E-state index contributed by atoms with van der Waals surface area (Å²) in [7, 11) is 0. The Kier molecular flexibility index (Phi) is 5.46. The van der Waals surface area contributed by atoms with Crippen LogP contribution in [0.5, 0.6) is 0 Å². The molecule has 0 saturated carbocycles. The van der Waals surface area contributed by atoms with Crippen LogP contribution in [0.1, 0.15) is 49.9 Å². The van der Waals surface area contributed by atoms with E-state index in [0.29, 0.717) is 31.3 Å². The van der Waals surface area contributed by atoms with Gasteiger partial charge < -0.3 is 14.8 Å². The molecule has 156 valence electrons. The molecule has 3 heterocycles. The summed E-state index contributed by atoms with van der Waals surface area (Å²) in [5.41, 5.74) is 1.07. The second-order valence-corrected chi connectivity index (χ2v) is 9.57. The third kappa shape index (κ3) is 3.82. The van der Waals surface area contributed by atoms with Crippen LogP contribution < -0.4 is 5.56 Å². The highest BCUT2D eigenvalue weighted by molar-refractivity contribution is 7.18. The van der Waals surface area contributed by atoms with Gasteiger partial charge in [0.15, 0.2) is 0 Å². The van der Waals surface area contributed by atoms with Crippen LogP contribution in [0.4, 0.5) is 0 Å². The zero-order valence-electron chi connectivity index (χ0n) is 17.3.